The molecule has 3 aromatic rings. The van der Waals surface area contributed by atoms with Crippen molar-refractivity contribution < 1.29 is 22.7 Å². The third-order valence-corrected chi connectivity index (χ3v) is 6.86. The molecule has 2 saturated heterocycles. The number of aromatic nitrogens is 3. The molecule has 2 aromatic heterocycles. The summed E-state index contributed by atoms with van der Waals surface area (Å²) in [7, 11) is 1.98. The van der Waals surface area contributed by atoms with Gasteiger partial charge in [-0.25, -0.2) is 23.1 Å². The van der Waals surface area contributed by atoms with Gasteiger partial charge in [-0.2, -0.15) is 0 Å². The highest BCUT2D eigenvalue weighted by atomic mass is 19.3. The summed E-state index contributed by atoms with van der Waals surface area (Å²) in [6, 6.07) is 3.49. The SMILES string of the molecule is CN1CCN(c2cc(F)c(-c3cnc(N4CCOCC4)nc3)cc2NC(=O)c2c[nH]c(=O)cc2C(F)F)CC1. The minimum atomic E-state index is -3.03. The first-order chi connectivity index (χ1) is 18.8. The van der Waals surface area contributed by atoms with Crippen LogP contribution in [0.15, 0.2) is 41.6 Å². The highest BCUT2D eigenvalue weighted by Crippen LogP contribution is 2.35. The molecule has 0 aliphatic carbocycles. The van der Waals surface area contributed by atoms with Gasteiger partial charge in [-0.05, 0) is 19.2 Å². The predicted molar refractivity (Wildman–Crippen MR) is 140 cm³/mol. The monoisotopic (exact) mass is 543 g/mol. The number of anilines is 3. The van der Waals surface area contributed by atoms with Crippen LogP contribution in [0.25, 0.3) is 11.1 Å². The van der Waals surface area contributed by atoms with Gasteiger partial charge in [-0.15, -0.1) is 0 Å². The quantitative estimate of drug-likeness (QED) is 0.489. The van der Waals surface area contributed by atoms with E-state index in [0.29, 0.717) is 62.7 Å². The van der Waals surface area contributed by atoms with Crippen LogP contribution in [0.2, 0.25) is 0 Å². The fourth-order valence-electron chi connectivity index (χ4n) is 4.63. The van der Waals surface area contributed by atoms with Crippen LogP contribution < -0.4 is 20.7 Å². The van der Waals surface area contributed by atoms with E-state index in [1.807, 2.05) is 16.8 Å². The first-order valence-electron chi connectivity index (χ1n) is 12.5. The second kappa shape index (κ2) is 11.4. The molecule has 1 aromatic carbocycles. The van der Waals surface area contributed by atoms with E-state index in [1.165, 1.54) is 24.5 Å². The number of H-pyrrole nitrogens is 1. The molecule has 13 heteroatoms. The molecule has 5 rings (SSSR count). The summed E-state index contributed by atoms with van der Waals surface area (Å²) in [5.74, 6) is -0.891. The van der Waals surface area contributed by atoms with Crippen molar-refractivity contribution in [3.8, 4) is 11.1 Å². The number of benzene rings is 1. The van der Waals surface area contributed by atoms with Crippen molar-refractivity contribution in [3.63, 3.8) is 0 Å². The Balaban J connectivity index is 1.50. The number of morpholine rings is 1. The zero-order valence-electron chi connectivity index (χ0n) is 21.3. The highest BCUT2D eigenvalue weighted by Gasteiger charge is 2.24. The van der Waals surface area contributed by atoms with Crippen molar-refractivity contribution >= 4 is 23.2 Å². The molecule has 0 bridgehead atoms. The molecule has 2 N–H and O–H groups in total. The number of amides is 1. The molecule has 0 radical (unpaired) electrons. The summed E-state index contributed by atoms with van der Waals surface area (Å²) in [6.07, 6.45) is 0.940. The number of carbonyl (C=O) groups excluding carboxylic acids is 1. The van der Waals surface area contributed by atoms with Crippen molar-refractivity contribution in [2.45, 2.75) is 6.43 Å². The normalized spacial score (nSPS) is 16.5. The third-order valence-electron chi connectivity index (χ3n) is 6.86. The Labute approximate surface area is 222 Å². The van der Waals surface area contributed by atoms with Crippen LogP contribution in [-0.2, 0) is 4.74 Å². The number of piperazine rings is 1. The lowest BCUT2D eigenvalue weighted by Gasteiger charge is -2.35. The molecule has 4 heterocycles. The fourth-order valence-corrected chi connectivity index (χ4v) is 4.63. The molecule has 0 unspecified atom stereocenters. The Morgan fingerprint density at radius 2 is 1.72 bits per heavy atom. The molecule has 2 fully saturated rings. The van der Waals surface area contributed by atoms with Crippen LogP contribution >= 0.6 is 0 Å². The number of carbonyl (C=O) groups is 1. The van der Waals surface area contributed by atoms with Gasteiger partial charge in [0.15, 0.2) is 0 Å². The van der Waals surface area contributed by atoms with E-state index < -0.39 is 29.3 Å². The van der Waals surface area contributed by atoms with Gasteiger partial charge in [-0.1, -0.05) is 0 Å². The fraction of sp³-hybridized carbons (Fsp3) is 0.385. The second-order valence-electron chi connectivity index (χ2n) is 9.43. The molecule has 206 valence electrons. The lowest BCUT2D eigenvalue weighted by atomic mass is 10.0. The molecular formula is C26H28F3N7O3. The van der Waals surface area contributed by atoms with E-state index in [-0.39, 0.29) is 16.8 Å². The van der Waals surface area contributed by atoms with Gasteiger partial charge in [0.25, 0.3) is 12.3 Å². The van der Waals surface area contributed by atoms with Crippen LogP contribution in [0, 0.1) is 5.82 Å². The summed E-state index contributed by atoms with van der Waals surface area (Å²) < 4.78 is 48.1. The maximum absolute atomic E-state index is 15.5. The summed E-state index contributed by atoms with van der Waals surface area (Å²) >= 11 is 0. The number of likely N-dealkylation sites (N-methyl/N-ethyl adjacent to an activating group) is 1. The minimum Gasteiger partial charge on any atom is -0.378 e. The highest BCUT2D eigenvalue weighted by molar-refractivity contribution is 6.07. The molecule has 2 aliphatic heterocycles. The maximum Gasteiger partial charge on any atom is 0.264 e. The van der Waals surface area contributed by atoms with E-state index >= 15 is 4.39 Å². The Hall–Kier alpha value is -3.97. The number of halogens is 3. The second-order valence-corrected chi connectivity index (χ2v) is 9.43. The molecule has 10 nitrogen and oxygen atoms in total. The minimum absolute atomic E-state index is 0.146. The standard InChI is InChI=1S/C26H28F3N7O3/c1-34-2-4-35(5-3-34)22-12-20(27)17(16-13-31-26(32-14-16)36-6-8-39-9-7-36)10-21(22)33-25(38)19-15-30-23(37)11-18(19)24(28)29/h10-15,24H,2-9H2,1H3,(H,30,37)(H,33,38). The van der Waals surface area contributed by atoms with Gasteiger partial charge in [0.05, 0.1) is 30.2 Å². The molecular weight excluding hydrogens is 515 g/mol. The van der Waals surface area contributed by atoms with E-state index in [2.05, 4.69) is 25.2 Å². The number of nitrogens with zero attached hydrogens (tertiary/aromatic N) is 5. The van der Waals surface area contributed by atoms with Gasteiger partial charge in [-0.3, -0.25) is 9.59 Å². The average Bonchev–Trinajstić information content (AvgIpc) is 2.94. The average molecular weight is 544 g/mol. The van der Waals surface area contributed by atoms with Crippen molar-refractivity contribution in [1.29, 1.82) is 0 Å². The van der Waals surface area contributed by atoms with Gasteiger partial charge in [0.1, 0.15) is 5.82 Å². The van der Waals surface area contributed by atoms with Crippen molar-refractivity contribution in [3.05, 3.63) is 64.1 Å². The topological polar surface area (TPSA) is 107 Å². The first-order valence-corrected chi connectivity index (χ1v) is 12.5. The number of hydrogen-bond donors (Lipinski definition) is 2. The van der Waals surface area contributed by atoms with Gasteiger partial charge >= 0.3 is 0 Å². The molecule has 0 spiro atoms. The predicted octanol–water partition coefficient (Wildman–Crippen LogP) is 2.75. The summed E-state index contributed by atoms with van der Waals surface area (Å²) in [6.45, 7) is 5.04. The van der Waals surface area contributed by atoms with Gasteiger partial charge in [0.2, 0.25) is 11.5 Å². The lowest BCUT2D eigenvalue weighted by Crippen LogP contribution is -2.44. The van der Waals surface area contributed by atoms with Crippen LogP contribution in [0.1, 0.15) is 22.3 Å². The lowest BCUT2D eigenvalue weighted by molar-refractivity contribution is 0.101. The molecule has 0 atom stereocenters. The first kappa shape index (κ1) is 26.6. The smallest absolute Gasteiger partial charge is 0.264 e. The van der Waals surface area contributed by atoms with Gasteiger partial charge in [0, 0.05) is 80.6 Å². The van der Waals surface area contributed by atoms with Crippen molar-refractivity contribution in [2.24, 2.45) is 0 Å². The number of rotatable bonds is 6. The zero-order valence-corrected chi connectivity index (χ0v) is 21.3. The van der Waals surface area contributed by atoms with Gasteiger partial charge < -0.3 is 29.7 Å². The number of aromatic amines is 1. The van der Waals surface area contributed by atoms with Crippen molar-refractivity contribution in [1.82, 2.24) is 19.9 Å². The van der Waals surface area contributed by atoms with E-state index in [1.54, 1.807) is 0 Å². The summed E-state index contributed by atoms with van der Waals surface area (Å²) in [5, 5.41) is 2.67. The number of pyridine rings is 1. The maximum atomic E-state index is 15.5. The zero-order chi connectivity index (χ0) is 27.5. The number of hydrogen-bond acceptors (Lipinski definition) is 8. The van der Waals surface area contributed by atoms with Crippen LogP contribution in [0.4, 0.5) is 30.5 Å². The van der Waals surface area contributed by atoms with Crippen LogP contribution in [0.3, 0.4) is 0 Å². The molecule has 39 heavy (non-hydrogen) atoms. The van der Waals surface area contributed by atoms with Crippen LogP contribution in [0.5, 0.6) is 0 Å². The molecule has 2 aliphatic rings. The van der Waals surface area contributed by atoms with Crippen molar-refractivity contribution in [2.75, 3.05) is 74.6 Å². The number of nitrogens with one attached hydrogen (secondary N) is 2. The largest absolute Gasteiger partial charge is 0.378 e. The Morgan fingerprint density at radius 3 is 2.38 bits per heavy atom. The Kier molecular flexibility index (Phi) is 7.79. The van der Waals surface area contributed by atoms with E-state index in [9.17, 15) is 18.4 Å². The molecule has 0 saturated carbocycles. The molecule has 1 amide bonds. The summed E-state index contributed by atoms with van der Waals surface area (Å²) in [5.41, 5.74) is -0.611. The number of ether oxygens (including phenoxy) is 1. The number of alkyl halides is 2. The third kappa shape index (κ3) is 5.88. The van der Waals surface area contributed by atoms with E-state index in [0.717, 1.165) is 19.3 Å². The van der Waals surface area contributed by atoms with Crippen LogP contribution in [-0.4, -0.2) is 85.3 Å². The Bertz CT molecular complexity index is 1390. The Morgan fingerprint density at radius 1 is 1.03 bits per heavy atom. The summed E-state index contributed by atoms with van der Waals surface area (Å²) in [4.78, 5) is 41.8. The van der Waals surface area contributed by atoms with E-state index in [4.69, 9.17) is 4.74 Å².